The molecule has 1 aliphatic heterocycles. The van der Waals surface area contributed by atoms with Crippen LogP contribution in [0.3, 0.4) is 0 Å². The number of carbonyl (C=O) groups excluding carboxylic acids is 1. The molecule has 4 nitrogen and oxygen atoms in total. The molecule has 0 aliphatic carbocycles. The first-order valence-electron chi connectivity index (χ1n) is 9.46. The average Bonchev–Trinajstić information content (AvgIpc) is 2.69. The zero-order valence-electron chi connectivity index (χ0n) is 15.7. The van der Waals surface area contributed by atoms with Gasteiger partial charge in [0.2, 0.25) is 0 Å². The van der Waals surface area contributed by atoms with Crippen LogP contribution in [0.1, 0.15) is 25.0 Å². The van der Waals surface area contributed by atoms with Crippen LogP contribution in [0.2, 0.25) is 0 Å². The van der Waals surface area contributed by atoms with E-state index in [1.165, 1.54) is 11.1 Å². The van der Waals surface area contributed by atoms with Crippen molar-refractivity contribution in [2.75, 3.05) is 26.2 Å². The van der Waals surface area contributed by atoms with Gasteiger partial charge >= 0.3 is 0 Å². The largest absolute Gasteiger partial charge is 0.481 e. The van der Waals surface area contributed by atoms with E-state index in [4.69, 9.17) is 4.74 Å². The normalized spacial score (nSPS) is 16.3. The molecule has 1 amide bonds. The number of ether oxygens (including phenoxy) is 1. The van der Waals surface area contributed by atoms with E-state index >= 15 is 0 Å². The van der Waals surface area contributed by atoms with Gasteiger partial charge in [0.1, 0.15) is 5.75 Å². The van der Waals surface area contributed by atoms with Gasteiger partial charge in [0, 0.05) is 32.7 Å². The number of piperazine rings is 1. The van der Waals surface area contributed by atoms with Gasteiger partial charge < -0.3 is 9.64 Å². The molecule has 1 heterocycles. The van der Waals surface area contributed by atoms with E-state index in [1.807, 2.05) is 30.0 Å². The van der Waals surface area contributed by atoms with Crippen molar-refractivity contribution in [3.8, 4) is 5.75 Å². The number of benzene rings is 2. The molecule has 26 heavy (non-hydrogen) atoms. The van der Waals surface area contributed by atoms with Crippen LogP contribution in [0.15, 0.2) is 54.6 Å². The molecule has 0 saturated carbocycles. The molecule has 1 saturated heterocycles. The van der Waals surface area contributed by atoms with E-state index in [-0.39, 0.29) is 5.91 Å². The fraction of sp³-hybridized carbons (Fsp3) is 0.409. The third-order valence-corrected chi connectivity index (χ3v) is 4.93. The standard InChI is InChI=1S/C22H28N2O2/c1-3-19-9-11-21(12-10-19)26-18(2)22(25)24-15-13-23(14-16-24)17-20-7-5-4-6-8-20/h4-12,18H,3,13-17H2,1-2H3. The minimum absolute atomic E-state index is 0.0731. The maximum atomic E-state index is 12.7. The van der Waals surface area contributed by atoms with Crippen LogP contribution in [0.25, 0.3) is 0 Å². The summed E-state index contributed by atoms with van der Waals surface area (Å²) >= 11 is 0. The maximum absolute atomic E-state index is 12.7. The van der Waals surface area contributed by atoms with Crippen LogP contribution >= 0.6 is 0 Å². The summed E-state index contributed by atoms with van der Waals surface area (Å²) in [5, 5.41) is 0. The molecule has 0 N–H and O–H groups in total. The summed E-state index contributed by atoms with van der Waals surface area (Å²) in [5.74, 6) is 0.828. The third kappa shape index (κ3) is 4.85. The average molecular weight is 352 g/mol. The molecule has 1 atom stereocenters. The first kappa shape index (κ1) is 18.5. The Morgan fingerprint density at radius 1 is 0.962 bits per heavy atom. The Morgan fingerprint density at radius 2 is 1.62 bits per heavy atom. The number of hydrogen-bond donors (Lipinski definition) is 0. The third-order valence-electron chi connectivity index (χ3n) is 4.93. The van der Waals surface area contributed by atoms with Crippen molar-refractivity contribution in [3.63, 3.8) is 0 Å². The van der Waals surface area contributed by atoms with Gasteiger partial charge in [0.15, 0.2) is 6.10 Å². The fourth-order valence-electron chi connectivity index (χ4n) is 3.28. The van der Waals surface area contributed by atoms with Crippen molar-refractivity contribution in [2.45, 2.75) is 32.9 Å². The Bertz CT molecular complexity index is 692. The minimum Gasteiger partial charge on any atom is -0.481 e. The van der Waals surface area contributed by atoms with Crippen molar-refractivity contribution in [3.05, 3.63) is 65.7 Å². The molecule has 1 fully saturated rings. The lowest BCUT2D eigenvalue weighted by molar-refractivity contribution is -0.139. The molecular weight excluding hydrogens is 324 g/mol. The maximum Gasteiger partial charge on any atom is 0.263 e. The van der Waals surface area contributed by atoms with Gasteiger partial charge in [-0.1, -0.05) is 49.4 Å². The van der Waals surface area contributed by atoms with Gasteiger partial charge in [-0.25, -0.2) is 0 Å². The SMILES string of the molecule is CCc1ccc(OC(C)C(=O)N2CCN(Cc3ccccc3)CC2)cc1. The Kier molecular flexibility index (Phi) is 6.29. The van der Waals surface area contributed by atoms with Gasteiger partial charge in [0.05, 0.1) is 0 Å². The first-order valence-corrected chi connectivity index (χ1v) is 9.46. The molecule has 1 aliphatic rings. The van der Waals surface area contributed by atoms with Gasteiger partial charge in [-0.2, -0.15) is 0 Å². The highest BCUT2D eigenvalue weighted by Gasteiger charge is 2.26. The van der Waals surface area contributed by atoms with Crippen LogP contribution in [-0.4, -0.2) is 48.0 Å². The summed E-state index contributed by atoms with van der Waals surface area (Å²) in [5.41, 5.74) is 2.59. The highest BCUT2D eigenvalue weighted by Crippen LogP contribution is 2.16. The van der Waals surface area contributed by atoms with E-state index in [2.05, 4.69) is 48.2 Å². The lowest BCUT2D eigenvalue weighted by Gasteiger charge is -2.35. The van der Waals surface area contributed by atoms with Crippen LogP contribution in [0.4, 0.5) is 0 Å². The van der Waals surface area contributed by atoms with Crippen molar-refractivity contribution in [1.29, 1.82) is 0 Å². The lowest BCUT2D eigenvalue weighted by Crippen LogP contribution is -2.51. The number of aryl methyl sites for hydroxylation is 1. The van der Waals surface area contributed by atoms with Gasteiger partial charge in [-0.3, -0.25) is 9.69 Å². The summed E-state index contributed by atoms with van der Waals surface area (Å²) in [7, 11) is 0. The van der Waals surface area contributed by atoms with E-state index in [0.29, 0.717) is 0 Å². The predicted octanol–water partition coefficient (Wildman–Crippen LogP) is 3.36. The molecular formula is C22H28N2O2. The topological polar surface area (TPSA) is 32.8 Å². The van der Waals surface area contributed by atoms with Gasteiger partial charge in [-0.05, 0) is 36.6 Å². The number of rotatable bonds is 6. The second kappa shape index (κ2) is 8.86. The molecule has 1 unspecified atom stereocenters. The van der Waals surface area contributed by atoms with E-state index in [1.54, 1.807) is 0 Å². The Hall–Kier alpha value is -2.33. The molecule has 0 aromatic heterocycles. The molecule has 0 radical (unpaired) electrons. The van der Waals surface area contributed by atoms with Gasteiger partial charge in [-0.15, -0.1) is 0 Å². The van der Waals surface area contributed by atoms with Crippen LogP contribution in [0.5, 0.6) is 5.75 Å². The molecule has 0 spiro atoms. The van der Waals surface area contributed by atoms with Crippen molar-refractivity contribution in [1.82, 2.24) is 9.80 Å². The van der Waals surface area contributed by atoms with E-state index < -0.39 is 6.10 Å². The monoisotopic (exact) mass is 352 g/mol. The Morgan fingerprint density at radius 3 is 2.23 bits per heavy atom. The van der Waals surface area contributed by atoms with E-state index in [9.17, 15) is 4.79 Å². The quantitative estimate of drug-likeness (QED) is 0.799. The Labute approximate surface area is 156 Å². The highest BCUT2D eigenvalue weighted by molar-refractivity contribution is 5.81. The zero-order valence-corrected chi connectivity index (χ0v) is 15.7. The lowest BCUT2D eigenvalue weighted by atomic mass is 10.2. The molecule has 4 heteroatoms. The van der Waals surface area contributed by atoms with Crippen molar-refractivity contribution >= 4 is 5.91 Å². The molecule has 2 aromatic rings. The fourth-order valence-corrected chi connectivity index (χ4v) is 3.28. The number of hydrogen-bond acceptors (Lipinski definition) is 3. The molecule has 138 valence electrons. The molecule has 2 aromatic carbocycles. The summed E-state index contributed by atoms with van der Waals surface area (Å²) in [6.45, 7) is 8.23. The van der Waals surface area contributed by atoms with Crippen molar-refractivity contribution in [2.24, 2.45) is 0 Å². The summed E-state index contributed by atoms with van der Waals surface area (Å²) in [6, 6.07) is 18.5. The van der Waals surface area contributed by atoms with Crippen molar-refractivity contribution < 1.29 is 9.53 Å². The first-order chi connectivity index (χ1) is 12.7. The van der Waals surface area contributed by atoms with Crippen LogP contribution in [-0.2, 0) is 17.8 Å². The summed E-state index contributed by atoms with van der Waals surface area (Å²) < 4.78 is 5.85. The molecule has 0 bridgehead atoms. The minimum atomic E-state index is -0.455. The van der Waals surface area contributed by atoms with Crippen LogP contribution in [0, 0.1) is 0 Å². The van der Waals surface area contributed by atoms with Crippen LogP contribution < -0.4 is 4.74 Å². The number of amides is 1. The predicted molar refractivity (Wildman–Crippen MR) is 104 cm³/mol. The smallest absolute Gasteiger partial charge is 0.263 e. The molecule has 3 rings (SSSR count). The second-order valence-electron chi connectivity index (χ2n) is 6.84. The highest BCUT2D eigenvalue weighted by atomic mass is 16.5. The van der Waals surface area contributed by atoms with E-state index in [0.717, 1.165) is 44.9 Å². The zero-order chi connectivity index (χ0) is 18.4. The summed E-state index contributed by atoms with van der Waals surface area (Å²) in [4.78, 5) is 17.0. The number of carbonyl (C=O) groups is 1. The number of nitrogens with zero attached hydrogens (tertiary/aromatic N) is 2. The summed E-state index contributed by atoms with van der Waals surface area (Å²) in [6.07, 6.45) is 0.547. The second-order valence-corrected chi connectivity index (χ2v) is 6.84. The van der Waals surface area contributed by atoms with Gasteiger partial charge in [0.25, 0.3) is 5.91 Å². The Balaban J connectivity index is 1.47.